The molecule has 4 aromatic rings. The normalized spacial score (nSPS) is 12.6. The largest absolute Gasteiger partial charge is 0.352 e. The molecule has 0 unspecified atom stereocenters. The molecule has 0 saturated heterocycles. The molecule has 7 nitrogen and oxygen atoms in total. The Morgan fingerprint density at radius 2 is 1.51 bits per heavy atom. The van der Waals surface area contributed by atoms with E-state index < -0.39 is 40.2 Å². The van der Waals surface area contributed by atoms with Crippen molar-refractivity contribution in [2.75, 3.05) is 10.8 Å². The molecule has 2 atom stereocenters. The van der Waals surface area contributed by atoms with Gasteiger partial charge in [0.05, 0.1) is 10.6 Å². The minimum Gasteiger partial charge on any atom is -0.352 e. The summed E-state index contributed by atoms with van der Waals surface area (Å²) in [6.45, 7) is 4.73. The molecule has 0 aliphatic carbocycles. The van der Waals surface area contributed by atoms with Gasteiger partial charge in [-0.2, -0.15) is 0 Å². The Bertz CT molecular complexity index is 1700. The number of hydrogen-bond donors (Lipinski definition) is 1. The second kappa shape index (κ2) is 15.2. The third kappa shape index (κ3) is 8.71. The second-order valence-corrected chi connectivity index (χ2v) is 13.2. The zero-order valence-electron chi connectivity index (χ0n) is 25.5. The van der Waals surface area contributed by atoms with Crippen LogP contribution in [0.5, 0.6) is 0 Å². The van der Waals surface area contributed by atoms with Crippen LogP contribution in [0.4, 0.5) is 10.1 Å². The molecule has 0 radical (unpaired) electrons. The standard InChI is InChI=1S/C35H37ClFN3O4S/c1-4-26(3)38-35(42)33(22-27-10-6-5-7-11-27)39(23-28-12-8-9-13-32(28)37)34(41)24-40(30-18-16-29(36)17-19-30)45(43,44)31-20-14-25(2)15-21-31/h5-21,26,33H,4,22-24H2,1-3H3,(H,38,42)/t26-,33-/m0/s1. The molecule has 0 heterocycles. The first kappa shape index (κ1) is 33.7. The van der Waals surface area contributed by atoms with E-state index in [2.05, 4.69) is 5.32 Å². The molecule has 4 rings (SSSR count). The van der Waals surface area contributed by atoms with Crippen LogP contribution < -0.4 is 9.62 Å². The summed E-state index contributed by atoms with van der Waals surface area (Å²) in [4.78, 5) is 29.5. The summed E-state index contributed by atoms with van der Waals surface area (Å²) in [5.41, 5.74) is 2.06. The maximum absolute atomic E-state index is 15.0. The van der Waals surface area contributed by atoms with Gasteiger partial charge in [0.2, 0.25) is 11.8 Å². The molecule has 0 bridgehead atoms. The van der Waals surface area contributed by atoms with Gasteiger partial charge in [-0.1, -0.05) is 84.8 Å². The summed E-state index contributed by atoms with van der Waals surface area (Å²) in [6.07, 6.45) is 0.791. The summed E-state index contributed by atoms with van der Waals surface area (Å²) >= 11 is 6.11. The maximum Gasteiger partial charge on any atom is 0.264 e. The lowest BCUT2D eigenvalue weighted by molar-refractivity contribution is -0.140. The summed E-state index contributed by atoms with van der Waals surface area (Å²) in [5.74, 6) is -1.64. The fraction of sp³-hybridized carbons (Fsp3) is 0.257. The number of nitrogens with zero attached hydrogens (tertiary/aromatic N) is 2. The van der Waals surface area contributed by atoms with Gasteiger partial charge in [0.15, 0.2) is 0 Å². The fourth-order valence-electron chi connectivity index (χ4n) is 4.78. The van der Waals surface area contributed by atoms with Crippen LogP contribution >= 0.6 is 11.6 Å². The van der Waals surface area contributed by atoms with Crippen LogP contribution in [-0.2, 0) is 32.6 Å². The van der Waals surface area contributed by atoms with Gasteiger partial charge in [-0.25, -0.2) is 12.8 Å². The summed E-state index contributed by atoms with van der Waals surface area (Å²) in [6, 6.07) is 26.4. The van der Waals surface area contributed by atoms with E-state index in [4.69, 9.17) is 11.6 Å². The number of halogens is 2. The van der Waals surface area contributed by atoms with E-state index >= 15 is 4.39 Å². The molecule has 45 heavy (non-hydrogen) atoms. The number of carbonyl (C=O) groups excluding carboxylic acids is 2. The predicted molar refractivity (Wildman–Crippen MR) is 176 cm³/mol. The van der Waals surface area contributed by atoms with Crippen LogP contribution in [0.25, 0.3) is 0 Å². The second-order valence-electron chi connectivity index (χ2n) is 10.9. The molecule has 0 aromatic heterocycles. The first-order chi connectivity index (χ1) is 21.5. The Morgan fingerprint density at radius 3 is 2.13 bits per heavy atom. The van der Waals surface area contributed by atoms with Crippen molar-refractivity contribution in [1.29, 1.82) is 0 Å². The van der Waals surface area contributed by atoms with Crippen LogP contribution in [0.3, 0.4) is 0 Å². The SMILES string of the molecule is CC[C@H](C)NC(=O)[C@H](Cc1ccccc1)N(Cc1ccccc1F)C(=O)CN(c1ccc(Cl)cc1)S(=O)(=O)c1ccc(C)cc1. The number of carbonyl (C=O) groups is 2. The van der Waals surface area contributed by atoms with Crippen molar-refractivity contribution in [3.8, 4) is 0 Å². The molecule has 236 valence electrons. The van der Waals surface area contributed by atoms with Gasteiger partial charge in [-0.3, -0.25) is 13.9 Å². The van der Waals surface area contributed by atoms with Crippen molar-refractivity contribution in [1.82, 2.24) is 10.2 Å². The number of nitrogens with one attached hydrogen (secondary N) is 1. The van der Waals surface area contributed by atoms with Gasteiger partial charge >= 0.3 is 0 Å². The lowest BCUT2D eigenvalue weighted by atomic mass is 10.0. The first-order valence-corrected chi connectivity index (χ1v) is 16.5. The number of aryl methyl sites for hydroxylation is 1. The van der Waals surface area contributed by atoms with Crippen molar-refractivity contribution < 1.29 is 22.4 Å². The van der Waals surface area contributed by atoms with Crippen molar-refractivity contribution in [3.05, 3.63) is 131 Å². The van der Waals surface area contributed by atoms with Crippen molar-refractivity contribution in [2.24, 2.45) is 0 Å². The number of rotatable bonds is 13. The molecule has 0 fully saturated rings. The van der Waals surface area contributed by atoms with Gasteiger partial charge in [0.25, 0.3) is 10.0 Å². The van der Waals surface area contributed by atoms with E-state index in [1.165, 1.54) is 47.4 Å². The molecule has 4 aromatic carbocycles. The number of hydrogen-bond acceptors (Lipinski definition) is 4. The zero-order chi connectivity index (χ0) is 32.6. The van der Waals surface area contributed by atoms with E-state index in [-0.39, 0.29) is 35.2 Å². The topological polar surface area (TPSA) is 86.8 Å². The Kier molecular flexibility index (Phi) is 11.4. The average Bonchev–Trinajstić information content (AvgIpc) is 3.03. The third-order valence-electron chi connectivity index (χ3n) is 7.57. The molecule has 0 saturated carbocycles. The number of anilines is 1. The highest BCUT2D eigenvalue weighted by Gasteiger charge is 2.35. The van der Waals surface area contributed by atoms with E-state index in [1.807, 2.05) is 51.1 Å². The molecule has 0 spiro atoms. The van der Waals surface area contributed by atoms with Gasteiger partial charge in [0.1, 0.15) is 18.4 Å². The molecule has 1 N–H and O–H groups in total. The van der Waals surface area contributed by atoms with Gasteiger partial charge in [-0.05, 0) is 68.3 Å². The van der Waals surface area contributed by atoms with E-state index in [1.54, 1.807) is 30.3 Å². The van der Waals surface area contributed by atoms with Gasteiger partial charge in [-0.15, -0.1) is 0 Å². The molecule has 0 aliphatic rings. The number of benzene rings is 4. The third-order valence-corrected chi connectivity index (χ3v) is 9.61. The van der Waals surface area contributed by atoms with Crippen LogP contribution in [0.2, 0.25) is 5.02 Å². The summed E-state index contributed by atoms with van der Waals surface area (Å²) < 4.78 is 44.1. The molecular formula is C35H37ClFN3O4S. The van der Waals surface area contributed by atoms with Crippen molar-refractivity contribution >= 4 is 39.1 Å². The Labute approximate surface area is 269 Å². The van der Waals surface area contributed by atoms with Crippen LogP contribution in [0.15, 0.2) is 108 Å². The van der Waals surface area contributed by atoms with Crippen molar-refractivity contribution in [2.45, 2.75) is 57.1 Å². The van der Waals surface area contributed by atoms with Crippen LogP contribution in [0.1, 0.15) is 37.0 Å². The van der Waals surface area contributed by atoms with Gasteiger partial charge < -0.3 is 10.2 Å². The van der Waals surface area contributed by atoms with E-state index in [9.17, 15) is 18.0 Å². The minimum absolute atomic E-state index is 0.00754. The predicted octanol–water partition coefficient (Wildman–Crippen LogP) is 6.54. The Morgan fingerprint density at radius 1 is 0.889 bits per heavy atom. The molecular weight excluding hydrogens is 613 g/mol. The summed E-state index contributed by atoms with van der Waals surface area (Å²) in [7, 11) is -4.25. The minimum atomic E-state index is -4.25. The summed E-state index contributed by atoms with van der Waals surface area (Å²) in [5, 5.41) is 3.36. The molecule has 2 amide bonds. The maximum atomic E-state index is 15.0. The Hall–Kier alpha value is -4.21. The van der Waals surface area contributed by atoms with Crippen molar-refractivity contribution in [3.63, 3.8) is 0 Å². The van der Waals surface area contributed by atoms with Gasteiger partial charge in [0, 0.05) is 29.6 Å². The lowest BCUT2D eigenvalue weighted by Crippen LogP contribution is -2.54. The highest BCUT2D eigenvalue weighted by atomic mass is 35.5. The lowest BCUT2D eigenvalue weighted by Gasteiger charge is -2.34. The highest BCUT2D eigenvalue weighted by molar-refractivity contribution is 7.92. The number of sulfonamides is 1. The monoisotopic (exact) mass is 649 g/mol. The molecule has 0 aliphatic heterocycles. The Balaban J connectivity index is 1.81. The number of amides is 2. The molecule has 10 heteroatoms. The first-order valence-electron chi connectivity index (χ1n) is 14.7. The van der Waals surface area contributed by atoms with Crippen LogP contribution in [-0.4, -0.2) is 43.8 Å². The quantitative estimate of drug-likeness (QED) is 0.178. The fourth-order valence-corrected chi connectivity index (χ4v) is 6.32. The van der Waals surface area contributed by atoms with E-state index in [0.717, 1.165) is 15.4 Å². The van der Waals surface area contributed by atoms with E-state index in [0.29, 0.717) is 11.4 Å². The highest BCUT2D eigenvalue weighted by Crippen LogP contribution is 2.27. The zero-order valence-corrected chi connectivity index (χ0v) is 27.1. The van der Waals surface area contributed by atoms with Crippen LogP contribution in [0, 0.1) is 12.7 Å². The smallest absolute Gasteiger partial charge is 0.264 e. The average molecular weight is 650 g/mol.